The molecule has 0 amide bonds. The Morgan fingerprint density at radius 1 is 1.23 bits per heavy atom. The van der Waals surface area contributed by atoms with Gasteiger partial charge in [0.05, 0.1) is 5.39 Å². The van der Waals surface area contributed by atoms with Crippen molar-refractivity contribution in [2.75, 3.05) is 5.32 Å². The third kappa shape index (κ3) is 1.88. The van der Waals surface area contributed by atoms with Crippen LogP contribution >= 0.6 is 11.3 Å². The minimum atomic E-state index is 0.471. The van der Waals surface area contributed by atoms with E-state index in [9.17, 15) is 0 Å². The largest absolute Gasteiger partial charge is 0.366 e. The normalized spacial score (nSPS) is 20.1. The van der Waals surface area contributed by atoms with E-state index in [0.717, 1.165) is 29.9 Å². The number of rotatable bonds is 2. The van der Waals surface area contributed by atoms with Gasteiger partial charge in [-0.1, -0.05) is 0 Å². The van der Waals surface area contributed by atoms with E-state index in [4.69, 9.17) is 0 Å². The van der Waals surface area contributed by atoms with Gasteiger partial charge >= 0.3 is 0 Å². The molecule has 1 unspecified atom stereocenters. The van der Waals surface area contributed by atoms with E-state index in [-0.39, 0.29) is 0 Å². The summed E-state index contributed by atoms with van der Waals surface area (Å²) in [6.45, 7) is 0. The van der Waals surface area contributed by atoms with Gasteiger partial charge in [-0.25, -0.2) is 9.97 Å². The number of aromatic nitrogens is 3. The van der Waals surface area contributed by atoms with E-state index in [1.165, 1.54) is 46.3 Å². The number of nitrogens with one attached hydrogen (secondary N) is 2. The van der Waals surface area contributed by atoms with Crippen molar-refractivity contribution in [2.45, 2.75) is 44.6 Å². The van der Waals surface area contributed by atoms with E-state index in [2.05, 4.69) is 32.5 Å². The molecule has 0 saturated carbocycles. The molecule has 5 heteroatoms. The average Bonchev–Trinajstić information content (AvgIpc) is 3.21. The van der Waals surface area contributed by atoms with Crippen LogP contribution in [-0.2, 0) is 25.7 Å². The van der Waals surface area contributed by atoms with Crippen LogP contribution in [0.3, 0.4) is 0 Å². The standard InChI is InChI=1S/C17H18N4S/c1-2-12-14(3-1)22-17-15(12)16(19-9-20-17)21-11-4-5-13-10(8-11)6-7-18-13/h6-7,9,11,18H,1-5,8H2,(H,19,20,21). The van der Waals surface area contributed by atoms with Gasteiger partial charge in [0.1, 0.15) is 17.0 Å². The molecule has 4 nitrogen and oxygen atoms in total. The Morgan fingerprint density at radius 2 is 2.23 bits per heavy atom. The SMILES string of the molecule is c1nc(NC2CCc3[nH]ccc3C2)c2c3c(sc2n1)CCC3. The van der Waals surface area contributed by atoms with Crippen molar-refractivity contribution in [3.05, 3.63) is 40.3 Å². The van der Waals surface area contributed by atoms with Crippen LogP contribution in [0.15, 0.2) is 18.6 Å². The number of H-pyrrole nitrogens is 1. The van der Waals surface area contributed by atoms with Crippen molar-refractivity contribution in [3.8, 4) is 0 Å². The fraction of sp³-hybridized carbons (Fsp3) is 0.412. The number of hydrogen-bond acceptors (Lipinski definition) is 4. The first-order valence-electron chi connectivity index (χ1n) is 8.05. The number of anilines is 1. The molecule has 0 bridgehead atoms. The molecule has 112 valence electrons. The summed E-state index contributed by atoms with van der Waals surface area (Å²) in [4.78, 5) is 15.1. The summed E-state index contributed by atoms with van der Waals surface area (Å²) >= 11 is 1.86. The Balaban J connectivity index is 1.50. The molecule has 0 fully saturated rings. The first-order valence-corrected chi connectivity index (χ1v) is 8.87. The highest BCUT2D eigenvalue weighted by Gasteiger charge is 2.24. The van der Waals surface area contributed by atoms with Gasteiger partial charge in [-0.3, -0.25) is 0 Å². The molecule has 3 aromatic rings. The van der Waals surface area contributed by atoms with Crippen molar-refractivity contribution >= 4 is 27.4 Å². The molecular weight excluding hydrogens is 292 g/mol. The van der Waals surface area contributed by atoms with E-state index in [1.54, 1.807) is 6.33 Å². The number of nitrogens with zero attached hydrogens (tertiary/aromatic N) is 2. The summed E-state index contributed by atoms with van der Waals surface area (Å²) in [7, 11) is 0. The molecule has 2 N–H and O–H groups in total. The van der Waals surface area contributed by atoms with E-state index < -0.39 is 0 Å². The molecule has 5 rings (SSSR count). The van der Waals surface area contributed by atoms with Gasteiger partial charge in [-0.15, -0.1) is 11.3 Å². The second-order valence-corrected chi connectivity index (χ2v) is 7.41. The zero-order valence-electron chi connectivity index (χ0n) is 12.4. The lowest BCUT2D eigenvalue weighted by atomic mass is 9.93. The molecule has 22 heavy (non-hydrogen) atoms. The van der Waals surface area contributed by atoms with Crippen molar-refractivity contribution in [1.29, 1.82) is 0 Å². The summed E-state index contributed by atoms with van der Waals surface area (Å²) in [6.07, 6.45) is 10.8. The Bertz CT molecular complexity index is 848. The molecule has 0 aliphatic heterocycles. The maximum Gasteiger partial charge on any atom is 0.138 e. The maximum absolute atomic E-state index is 4.57. The first kappa shape index (κ1) is 12.6. The topological polar surface area (TPSA) is 53.6 Å². The zero-order valence-corrected chi connectivity index (χ0v) is 13.2. The summed E-state index contributed by atoms with van der Waals surface area (Å²) in [5.74, 6) is 1.05. The highest BCUT2D eigenvalue weighted by molar-refractivity contribution is 7.19. The Morgan fingerprint density at radius 3 is 3.23 bits per heavy atom. The summed E-state index contributed by atoms with van der Waals surface area (Å²) in [5.41, 5.74) is 4.35. The van der Waals surface area contributed by atoms with Crippen LogP contribution in [0.5, 0.6) is 0 Å². The van der Waals surface area contributed by atoms with Crippen LogP contribution < -0.4 is 5.32 Å². The van der Waals surface area contributed by atoms with Gasteiger partial charge in [0.15, 0.2) is 0 Å². The lowest BCUT2D eigenvalue weighted by Gasteiger charge is -2.24. The molecule has 0 saturated heterocycles. The summed E-state index contributed by atoms with van der Waals surface area (Å²) < 4.78 is 0. The van der Waals surface area contributed by atoms with Gasteiger partial charge in [0.2, 0.25) is 0 Å². The molecule has 3 heterocycles. The van der Waals surface area contributed by atoms with Gasteiger partial charge in [-0.2, -0.15) is 0 Å². The van der Waals surface area contributed by atoms with Crippen LogP contribution in [0.1, 0.15) is 34.5 Å². The average molecular weight is 310 g/mol. The maximum atomic E-state index is 4.57. The molecule has 2 aliphatic rings. The van der Waals surface area contributed by atoms with Crippen LogP contribution in [0.2, 0.25) is 0 Å². The highest BCUT2D eigenvalue weighted by atomic mass is 32.1. The van der Waals surface area contributed by atoms with E-state index in [0.29, 0.717) is 6.04 Å². The predicted octanol–water partition coefficient (Wildman–Crippen LogP) is 3.48. The quantitative estimate of drug-likeness (QED) is 0.762. The summed E-state index contributed by atoms with van der Waals surface area (Å²) in [6, 6.07) is 2.68. The molecular formula is C17H18N4S. The molecule has 1 atom stereocenters. The molecule has 0 aromatic carbocycles. The third-order valence-corrected chi connectivity index (χ3v) is 6.18. The molecule has 2 aliphatic carbocycles. The first-order chi connectivity index (χ1) is 10.9. The summed E-state index contributed by atoms with van der Waals surface area (Å²) in [5, 5.41) is 5.00. The smallest absolute Gasteiger partial charge is 0.138 e. The Labute approximate surface area is 133 Å². The van der Waals surface area contributed by atoms with Crippen molar-refractivity contribution in [1.82, 2.24) is 15.0 Å². The number of aryl methyl sites for hydroxylation is 3. The number of fused-ring (bicyclic) bond motifs is 4. The Kier molecular flexibility index (Phi) is 2.77. The second kappa shape index (κ2) is 4.81. The zero-order chi connectivity index (χ0) is 14.5. The number of hydrogen-bond donors (Lipinski definition) is 2. The molecule has 3 aromatic heterocycles. The van der Waals surface area contributed by atoms with E-state index >= 15 is 0 Å². The molecule has 0 spiro atoms. The van der Waals surface area contributed by atoms with E-state index in [1.807, 2.05) is 11.3 Å². The third-order valence-electron chi connectivity index (χ3n) is 4.98. The van der Waals surface area contributed by atoms with Gasteiger partial charge in [-0.05, 0) is 55.7 Å². The lowest BCUT2D eigenvalue weighted by molar-refractivity contribution is 0.604. The minimum Gasteiger partial charge on any atom is -0.366 e. The highest BCUT2D eigenvalue weighted by Crippen LogP contribution is 2.39. The van der Waals surface area contributed by atoms with Crippen LogP contribution in [0.25, 0.3) is 10.2 Å². The van der Waals surface area contributed by atoms with Crippen LogP contribution in [0.4, 0.5) is 5.82 Å². The fourth-order valence-electron chi connectivity index (χ4n) is 3.90. The van der Waals surface area contributed by atoms with Crippen LogP contribution in [-0.4, -0.2) is 21.0 Å². The second-order valence-electron chi connectivity index (χ2n) is 6.33. The minimum absolute atomic E-state index is 0.471. The van der Waals surface area contributed by atoms with Crippen LogP contribution in [0, 0.1) is 0 Å². The van der Waals surface area contributed by atoms with Gasteiger partial charge in [0, 0.05) is 22.8 Å². The number of thiophene rings is 1. The fourth-order valence-corrected chi connectivity index (χ4v) is 5.13. The predicted molar refractivity (Wildman–Crippen MR) is 89.7 cm³/mol. The monoisotopic (exact) mass is 310 g/mol. The van der Waals surface area contributed by atoms with Gasteiger partial charge in [0.25, 0.3) is 0 Å². The molecule has 0 radical (unpaired) electrons. The van der Waals surface area contributed by atoms with Crippen molar-refractivity contribution < 1.29 is 0 Å². The van der Waals surface area contributed by atoms with Gasteiger partial charge < -0.3 is 10.3 Å². The van der Waals surface area contributed by atoms with Crippen molar-refractivity contribution in [3.63, 3.8) is 0 Å². The lowest BCUT2D eigenvalue weighted by Crippen LogP contribution is -2.27. The van der Waals surface area contributed by atoms with Crippen molar-refractivity contribution in [2.24, 2.45) is 0 Å². The number of aromatic amines is 1. The Hall–Kier alpha value is -1.88.